The van der Waals surface area contributed by atoms with Crippen molar-refractivity contribution in [2.24, 2.45) is 0 Å². The van der Waals surface area contributed by atoms with Gasteiger partial charge in [-0.15, -0.1) is 28.3 Å². The van der Waals surface area contributed by atoms with Gasteiger partial charge in [0.25, 0.3) is 0 Å². The molecule has 2 aromatic rings. The number of hydrogen-bond acceptors (Lipinski definition) is 3. The van der Waals surface area contributed by atoms with Crippen LogP contribution in [-0.4, -0.2) is 12.0 Å². The molecule has 0 saturated heterocycles. The normalized spacial score (nSPS) is 17.7. The number of benzene rings is 1. The van der Waals surface area contributed by atoms with Gasteiger partial charge in [0.15, 0.2) is 5.13 Å². The molecule has 0 aliphatic heterocycles. The van der Waals surface area contributed by atoms with Crippen molar-refractivity contribution in [2.45, 2.75) is 25.2 Å². The van der Waals surface area contributed by atoms with Crippen LogP contribution in [0.15, 0.2) is 30.3 Å². The molecule has 2 nitrogen and oxygen atoms in total. The smallest absolute Gasteiger partial charge is 0.182 e. The summed E-state index contributed by atoms with van der Waals surface area (Å²) in [6.45, 7) is 0. The second-order valence-corrected chi connectivity index (χ2v) is 5.57. The molecule has 18 heavy (non-hydrogen) atoms. The second kappa shape index (κ2) is 5.85. The van der Waals surface area contributed by atoms with E-state index in [-0.39, 0.29) is 17.0 Å². The van der Waals surface area contributed by atoms with E-state index in [1.165, 1.54) is 22.6 Å². The van der Waals surface area contributed by atoms with E-state index in [4.69, 9.17) is 0 Å². The molecule has 96 valence electrons. The number of nitrogens with zero attached hydrogens (tertiary/aromatic N) is 1. The molecule has 0 bridgehead atoms. The molecule has 1 aromatic carbocycles. The van der Waals surface area contributed by atoms with Gasteiger partial charge in [-0.2, -0.15) is 0 Å². The van der Waals surface area contributed by atoms with E-state index in [0.717, 1.165) is 18.0 Å². The topological polar surface area (TPSA) is 24.9 Å². The van der Waals surface area contributed by atoms with E-state index in [1.54, 1.807) is 0 Å². The minimum Gasteiger partial charge on any atom is -0.365 e. The lowest BCUT2D eigenvalue weighted by atomic mass is 9.85. The van der Waals surface area contributed by atoms with E-state index in [1.807, 2.05) is 18.4 Å². The van der Waals surface area contributed by atoms with E-state index in [0.29, 0.717) is 5.92 Å². The van der Waals surface area contributed by atoms with Gasteiger partial charge in [0, 0.05) is 11.9 Å². The Hall–Kier alpha value is -0.870. The molecule has 0 saturated carbocycles. The van der Waals surface area contributed by atoms with Crippen LogP contribution < -0.4 is 5.32 Å². The molecule has 1 atom stereocenters. The van der Waals surface area contributed by atoms with Crippen LogP contribution in [0.1, 0.15) is 28.5 Å². The van der Waals surface area contributed by atoms with Crippen molar-refractivity contribution >= 4 is 33.4 Å². The van der Waals surface area contributed by atoms with Crippen LogP contribution in [0.2, 0.25) is 0 Å². The maximum Gasteiger partial charge on any atom is 0.182 e. The first-order chi connectivity index (χ1) is 8.36. The van der Waals surface area contributed by atoms with Crippen molar-refractivity contribution < 1.29 is 0 Å². The molecule has 4 heteroatoms. The summed E-state index contributed by atoms with van der Waals surface area (Å²) in [6, 6.07) is 10.8. The summed E-state index contributed by atoms with van der Waals surface area (Å²) in [6.07, 6.45) is 3.50. The number of fused-ring (bicyclic) bond motifs is 1. The van der Waals surface area contributed by atoms with E-state index < -0.39 is 0 Å². The Balaban J connectivity index is 0.00000120. The van der Waals surface area contributed by atoms with Crippen LogP contribution >= 0.6 is 28.3 Å². The van der Waals surface area contributed by atoms with Gasteiger partial charge in [0.1, 0.15) is 0 Å². The Morgan fingerprint density at radius 1 is 1.28 bits per heavy atom. The van der Waals surface area contributed by atoms with E-state index >= 15 is 0 Å². The lowest BCUT2D eigenvalue weighted by Crippen LogP contribution is -2.11. The van der Waals surface area contributed by atoms with Gasteiger partial charge >= 0.3 is 0 Å². The highest BCUT2D eigenvalue weighted by Crippen LogP contribution is 2.36. The number of halogens is 1. The van der Waals surface area contributed by atoms with Crippen molar-refractivity contribution in [2.75, 3.05) is 12.4 Å². The monoisotopic (exact) mass is 324 g/mol. The van der Waals surface area contributed by atoms with Crippen LogP contribution in [0, 0.1) is 0 Å². The Labute approximate surface area is 122 Å². The van der Waals surface area contributed by atoms with Crippen molar-refractivity contribution in [3.8, 4) is 0 Å². The van der Waals surface area contributed by atoms with Gasteiger partial charge in [0.2, 0.25) is 0 Å². The van der Waals surface area contributed by atoms with Crippen LogP contribution in [-0.2, 0) is 12.8 Å². The summed E-state index contributed by atoms with van der Waals surface area (Å²) >= 11 is 1.81. The third-order valence-electron chi connectivity index (χ3n) is 3.42. The first kappa shape index (κ1) is 13.6. The highest BCUT2D eigenvalue weighted by molar-refractivity contribution is 8.93. The number of anilines is 1. The molecule has 1 aromatic heterocycles. The molecule has 1 unspecified atom stereocenters. The van der Waals surface area contributed by atoms with Crippen LogP contribution in [0.5, 0.6) is 0 Å². The number of aryl methyl sites for hydroxylation is 1. The molecule has 0 fully saturated rings. The van der Waals surface area contributed by atoms with Crippen molar-refractivity contribution in [3.63, 3.8) is 0 Å². The van der Waals surface area contributed by atoms with Crippen LogP contribution in [0.25, 0.3) is 0 Å². The molecule has 1 aliphatic carbocycles. The highest BCUT2D eigenvalue weighted by atomic mass is 79.9. The minimum atomic E-state index is 0. The van der Waals surface area contributed by atoms with Gasteiger partial charge < -0.3 is 5.32 Å². The van der Waals surface area contributed by atoms with Crippen molar-refractivity contribution in [1.29, 1.82) is 0 Å². The summed E-state index contributed by atoms with van der Waals surface area (Å²) in [4.78, 5) is 6.07. The lowest BCUT2D eigenvalue weighted by molar-refractivity contribution is 0.584. The Morgan fingerprint density at radius 2 is 2.06 bits per heavy atom. The maximum absolute atomic E-state index is 4.60. The van der Waals surface area contributed by atoms with E-state index in [9.17, 15) is 0 Å². The van der Waals surface area contributed by atoms with Crippen molar-refractivity contribution in [1.82, 2.24) is 4.98 Å². The Morgan fingerprint density at radius 3 is 2.78 bits per heavy atom. The molecular formula is C14H17BrN2S. The summed E-state index contributed by atoms with van der Waals surface area (Å²) in [5.41, 5.74) is 2.78. The van der Waals surface area contributed by atoms with Crippen LogP contribution in [0.3, 0.4) is 0 Å². The summed E-state index contributed by atoms with van der Waals surface area (Å²) in [7, 11) is 1.94. The molecular weight excluding hydrogens is 308 g/mol. The molecule has 0 amide bonds. The van der Waals surface area contributed by atoms with Crippen molar-refractivity contribution in [3.05, 3.63) is 46.5 Å². The minimum absolute atomic E-state index is 0. The molecule has 0 spiro atoms. The van der Waals surface area contributed by atoms with E-state index in [2.05, 4.69) is 40.6 Å². The SMILES string of the molecule is Br.CNc1nc2c(s1)CC(c1ccccc1)CC2. The summed E-state index contributed by atoms with van der Waals surface area (Å²) in [5, 5.41) is 4.21. The first-order valence-corrected chi connectivity index (χ1v) is 6.89. The Kier molecular flexibility index (Phi) is 4.40. The van der Waals surface area contributed by atoms with Gasteiger partial charge in [0.05, 0.1) is 5.69 Å². The van der Waals surface area contributed by atoms with Gasteiger partial charge in [-0.05, 0) is 30.7 Å². The zero-order valence-corrected chi connectivity index (χ0v) is 12.9. The Bertz CT molecular complexity index is 510. The standard InChI is InChI=1S/C14H16N2S.BrH/c1-15-14-16-12-8-7-11(9-13(12)17-14)10-5-3-2-4-6-10;/h2-6,11H,7-9H2,1H3,(H,15,16);1H. The third kappa shape index (κ3) is 2.59. The fourth-order valence-electron chi connectivity index (χ4n) is 2.49. The largest absolute Gasteiger partial charge is 0.365 e. The number of hydrogen-bond donors (Lipinski definition) is 1. The molecule has 1 aliphatic rings. The van der Waals surface area contributed by atoms with Gasteiger partial charge in [-0.3, -0.25) is 0 Å². The molecule has 3 rings (SSSR count). The first-order valence-electron chi connectivity index (χ1n) is 6.08. The zero-order valence-electron chi connectivity index (χ0n) is 10.3. The van der Waals surface area contributed by atoms with Gasteiger partial charge in [-0.25, -0.2) is 4.98 Å². The fraction of sp³-hybridized carbons (Fsp3) is 0.357. The second-order valence-electron chi connectivity index (χ2n) is 4.49. The lowest BCUT2D eigenvalue weighted by Gasteiger charge is -2.21. The zero-order chi connectivity index (χ0) is 11.7. The molecule has 1 heterocycles. The molecule has 1 N–H and O–H groups in total. The number of nitrogens with one attached hydrogen (secondary N) is 1. The summed E-state index contributed by atoms with van der Waals surface area (Å²) < 4.78 is 0. The average molecular weight is 325 g/mol. The highest BCUT2D eigenvalue weighted by Gasteiger charge is 2.23. The number of thiazole rings is 1. The van der Waals surface area contributed by atoms with Gasteiger partial charge in [-0.1, -0.05) is 30.3 Å². The predicted molar refractivity (Wildman–Crippen MR) is 83.2 cm³/mol. The fourth-order valence-corrected chi connectivity index (χ4v) is 3.53. The number of rotatable bonds is 2. The average Bonchev–Trinajstić information content (AvgIpc) is 2.81. The predicted octanol–water partition coefficient (Wildman–Crippen LogP) is 4.04. The maximum atomic E-state index is 4.60. The number of aromatic nitrogens is 1. The van der Waals surface area contributed by atoms with Crippen LogP contribution in [0.4, 0.5) is 5.13 Å². The quantitative estimate of drug-likeness (QED) is 0.901. The third-order valence-corrected chi connectivity index (χ3v) is 4.56. The molecule has 0 radical (unpaired) electrons. The summed E-state index contributed by atoms with van der Waals surface area (Å²) in [5.74, 6) is 0.675.